The Morgan fingerprint density at radius 2 is 2.16 bits per heavy atom. The number of carbonyl (C=O) groups is 1. The summed E-state index contributed by atoms with van der Waals surface area (Å²) in [6.07, 6.45) is 4.30. The summed E-state index contributed by atoms with van der Waals surface area (Å²) in [6, 6.07) is -0.764. The first-order valence-electron chi connectivity index (χ1n) is 10.6. The van der Waals surface area contributed by atoms with Crippen molar-refractivity contribution in [3.05, 3.63) is 16.8 Å². The molecular weight excluding hydrogens is 420 g/mol. The maximum absolute atomic E-state index is 13.4. The molecule has 2 aliphatic heterocycles. The number of hydrazone groups is 1. The highest BCUT2D eigenvalue weighted by Gasteiger charge is 2.51. The van der Waals surface area contributed by atoms with Crippen LogP contribution >= 0.6 is 0 Å². The molecule has 0 radical (unpaired) electrons. The molecule has 10 nitrogen and oxygen atoms in total. The highest BCUT2D eigenvalue weighted by molar-refractivity contribution is 7.93. The fraction of sp³-hybridized carbons (Fsp3) is 0.650. The molecule has 0 saturated carbocycles. The summed E-state index contributed by atoms with van der Waals surface area (Å²) in [5, 5.41) is 15.0. The minimum absolute atomic E-state index is 0.0426. The van der Waals surface area contributed by atoms with E-state index in [1.807, 2.05) is 13.8 Å². The minimum atomic E-state index is -3.51. The maximum atomic E-state index is 13.4. The van der Waals surface area contributed by atoms with Gasteiger partial charge in [-0.25, -0.2) is 19.1 Å². The van der Waals surface area contributed by atoms with Crippen LogP contribution in [-0.4, -0.2) is 57.7 Å². The Labute approximate surface area is 182 Å². The largest absolute Gasteiger partial charge is 0.481 e. The predicted octanol–water partition coefficient (Wildman–Crippen LogP) is 2.38. The lowest BCUT2D eigenvalue weighted by molar-refractivity contribution is -0.0906. The van der Waals surface area contributed by atoms with Crippen LogP contribution in [0.4, 0.5) is 10.5 Å². The zero-order chi connectivity index (χ0) is 22.4. The van der Waals surface area contributed by atoms with E-state index in [0.29, 0.717) is 30.4 Å². The zero-order valence-electron chi connectivity index (χ0n) is 18.4. The number of aromatic nitrogens is 1. The average Bonchev–Trinajstić information content (AvgIpc) is 3.34. The van der Waals surface area contributed by atoms with Gasteiger partial charge in [-0.2, -0.15) is 5.10 Å². The summed E-state index contributed by atoms with van der Waals surface area (Å²) in [5.41, 5.74) is 3.32. The van der Waals surface area contributed by atoms with Crippen LogP contribution in [0.5, 0.6) is 5.88 Å². The lowest BCUT2D eigenvalue weighted by atomic mass is 10.0. The number of fused-ring (bicyclic) bond motifs is 2. The van der Waals surface area contributed by atoms with Gasteiger partial charge in [-0.3, -0.25) is 5.01 Å². The highest BCUT2D eigenvalue weighted by Crippen LogP contribution is 2.39. The summed E-state index contributed by atoms with van der Waals surface area (Å²) in [5.74, 6) is 0.638. The first-order valence-corrected chi connectivity index (χ1v) is 12.1. The van der Waals surface area contributed by atoms with E-state index in [4.69, 9.17) is 14.6 Å². The summed E-state index contributed by atoms with van der Waals surface area (Å²) in [7, 11) is -1.91. The van der Waals surface area contributed by atoms with Crippen LogP contribution in [0, 0.1) is 0 Å². The second-order valence-corrected chi connectivity index (χ2v) is 10.8. The van der Waals surface area contributed by atoms with Crippen LogP contribution < -0.4 is 15.2 Å². The van der Waals surface area contributed by atoms with E-state index in [-0.39, 0.29) is 5.92 Å². The van der Waals surface area contributed by atoms with Crippen molar-refractivity contribution in [2.45, 2.75) is 63.3 Å². The van der Waals surface area contributed by atoms with Gasteiger partial charge in [-0.15, -0.1) is 4.36 Å². The van der Waals surface area contributed by atoms with Gasteiger partial charge in [0.25, 0.3) is 0 Å². The predicted molar refractivity (Wildman–Crippen MR) is 119 cm³/mol. The zero-order valence-corrected chi connectivity index (χ0v) is 19.2. The fourth-order valence-corrected chi connectivity index (χ4v) is 5.56. The molecule has 1 aromatic rings. The van der Waals surface area contributed by atoms with Crippen molar-refractivity contribution in [3.63, 3.8) is 0 Å². The van der Waals surface area contributed by atoms with Gasteiger partial charge in [0.2, 0.25) is 5.88 Å². The monoisotopic (exact) mass is 450 g/mol. The van der Waals surface area contributed by atoms with Gasteiger partial charge in [-0.1, -0.05) is 13.8 Å². The first-order chi connectivity index (χ1) is 14.7. The number of pyridine rings is 1. The number of urea groups is 1. The van der Waals surface area contributed by atoms with Crippen LogP contribution in [0.25, 0.3) is 0 Å². The Kier molecular flexibility index (Phi) is 5.69. The van der Waals surface area contributed by atoms with Gasteiger partial charge in [0.1, 0.15) is 14.7 Å². The van der Waals surface area contributed by atoms with E-state index >= 15 is 0 Å². The Morgan fingerprint density at radius 3 is 2.87 bits per heavy atom. The molecule has 3 unspecified atom stereocenters. The van der Waals surface area contributed by atoms with Crippen molar-refractivity contribution < 1.29 is 18.5 Å². The molecule has 3 heterocycles. The maximum Gasteiger partial charge on any atom is 0.354 e. The Morgan fingerprint density at radius 1 is 1.42 bits per heavy atom. The second kappa shape index (κ2) is 8.03. The molecule has 3 N–H and O–H groups in total. The molecule has 3 aliphatic rings. The number of nitrogens with one attached hydrogen (secondary N) is 1. The summed E-state index contributed by atoms with van der Waals surface area (Å²) >= 11 is 0. The number of methoxy groups -OCH3 is 1. The molecule has 11 heteroatoms. The summed E-state index contributed by atoms with van der Waals surface area (Å²) < 4.78 is 27.4. The van der Waals surface area contributed by atoms with E-state index < -0.39 is 26.9 Å². The van der Waals surface area contributed by atoms with Crippen molar-refractivity contribution in [2.75, 3.05) is 25.6 Å². The van der Waals surface area contributed by atoms with Crippen LogP contribution in [0.15, 0.2) is 9.46 Å². The van der Waals surface area contributed by atoms with Crippen molar-refractivity contribution in [1.29, 1.82) is 0 Å². The van der Waals surface area contributed by atoms with Gasteiger partial charge < -0.3 is 14.8 Å². The lowest BCUT2D eigenvalue weighted by Crippen LogP contribution is -2.56. The molecule has 31 heavy (non-hydrogen) atoms. The van der Waals surface area contributed by atoms with Gasteiger partial charge in [0.15, 0.2) is 6.23 Å². The van der Waals surface area contributed by atoms with Gasteiger partial charge >= 0.3 is 6.03 Å². The molecule has 0 spiro atoms. The third-order valence-electron chi connectivity index (χ3n) is 6.11. The van der Waals surface area contributed by atoms with E-state index in [2.05, 4.69) is 19.8 Å². The van der Waals surface area contributed by atoms with Crippen molar-refractivity contribution >= 4 is 27.8 Å². The van der Waals surface area contributed by atoms with Gasteiger partial charge in [-0.05, 0) is 44.1 Å². The number of nitrogens with two attached hydrogens (primary N) is 1. The Balaban J connectivity index is 1.68. The number of anilines is 1. The minimum Gasteiger partial charge on any atom is -0.481 e. The molecule has 1 fully saturated rings. The molecular formula is C20H30N6O4S. The molecule has 0 aromatic carbocycles. The van der Waals surface area contributed by atoms with E-state index in [9.17, 15) is 9.00 Å². The van der Waals surface area contributed by atoms with Crippen molar-refractivity contribution in [2.24, 2.45) is 14.6 Å². The normalized spacial score (nSPS) is 26.4. The van der Waals surface area contributed by atoms with Crippen LogP contribution in [0.3, 0.4) is 0 Å². The number of hydrogen-bond acceptors (Lipinski definition) is 7. The van der Waals surface area contributed by atoms with Gasteiger partial charge in [0, 0.05) is 18.3 Å². The van der Waals surface area contributed by atoms with Crippen LogP contribution in [0.2, 0.25) is 0 Å². The number of ether oxygens (including phenoxy) is 2. The molecule has 4 rings (SSSR count). The standard InChI is InChI=1S/C20H30N6O4S/c1-12(2)15-16(13-7-5-8-14(13)17(23-15)29-4)24-19(27)25-31(21,28)20(3)11-22-26-9-6-10-30-18(20)26/h11-12,18H,5-10H2,1-4H3,(H3,21,24,25,27,28). The third-order valence-corrected chi connectivity index (χ3v) is 8.11. The molecule has 1 saturated heterocycles. The topological polar surface area (TPSA) is 131 Å². The number of carbonyl (C=O) groups excluding carboxylic acids is 1. The van der Waals surface area contributed by atoms with Gasteiger partial charge in [0.05, 0.1) is 25.1 Å². The SMILES string of the molecule is COc1nc(C(C)C)c(NC(=O)N=S(N)(=O)C2(C)C=NN3CCCOC32)c2c1CCC2. The first kappa shape index (κ1) is 22.0. The number of rotatable bonds is 4. The quantitative estimate of drug-likeness (QED) is 0.724. The second-order valence-electron chi connectivity index (χ2n) is 8.60. The lowest BCUT2D eigenvalue weighted by Gasteiger charge is -2.37. The molecule has 3 atom stereocenters. The highest BCUT2D eigenvalue weighted by atomic mass is 32.2. The van der Waals surface area contributed by atoms with Crippen molar-refractivity contribution in [3.8, 4) is 5.88 Å². The molecule has 1 aromatic heterocycles. The van der Waals surface area contributed by atoms with Crippen LogP contribution in [0.1, 0.15) is 56.4 Å². The number of hydrogen-bond donors (Lipinski definition) is 2. The smallest absolute Gasteiger partial charge is 0.354 e. The molecule has 2 amide bonds. The number of nitrogens with zero attached hydrogens (tertiary/aromatic N) is 4. The van der Waals surface area contributed by atoms with E-state index in [1.165, 1.54) is 6.21 Å². The molecule has 0 bridgehead atoms. The Hall–Kier alpha value is -2.24. The van der Waals surface area contributed by atoms with Crippen molar-refractivity contribution in [1.82, 2.24) is 9.99 Å². The number of amides is 2. The Bertz CT molecular complexity index is 1050. The average molecular weight is 451 g/mol. The van der Waals surface area contributed by atoms with E-state index in [0.717, 1.165) is 36.8 Å². The summed E-state index contributed by atoms with van der Waals surface area (Å²) in [4.78, 5) is 17.5. The fourth-order valence-electron chi connectivity index (χ4n) is 4.40. The van der Waals surface area contributed by atoms with Crippen LogP contribution in [-0.2, 0) is 27.5 Å². The summed E-state index contributed by atoms with van der Waals surface area (Å²) in [6.45, 7) is 6.85. The third kappa shape index (κ3) is 3.68. The van der Waals surface area contributed by atoms with E-state index in [1.54, 1.807) is 19.0 Å². The molecule has 170 valence electrons. The molecule has 1 aliphatic carbocycles.